The largest absolute Gasteiger partial charge is 0.398 e. The third-order valence-electron chi connectivity index (χ3n) is 2.42. The van der Waals surface area contributed by atoms with E-state index < -0.39 is 0 Å². The molecule has 0 unspecified atom stereocenters. The molecule has 0 aliphatic rings. The number of hydrogen-bond donors (Lipinski definition) is 2. The Bertz CT molecular complexity index is 303. The van der Waals surface area contributed by atoms with E-state index in [1.165, 1.54) is 11.1 Å². The summed E-state index contributed by atoms with van der Waals surface area (Å²) in [6.07, 6.45) is 0.854. The van der Waals surface area contributed by atoms with Crippen LogP contribution in [0.25, 0.3) is 0 Å². The van der Waals surface area contributed by atoms with Crippen LogP contribution in [0.5, 0.6) is 0 Å². The summed E-state index contributed by atoms with van der Waals surface area (Å²) in [5.41, 5.74) is 16.2. The van der Waals surface area contributed by atoms with Crippen LogP contribution >= 0.6 is 0 Å². The number of nitrogen functional groups attached to an aromatic ring is 1. The second-order valence-corrected chi connectivity index (χ2v) is 3.76. The molecular weight excluding hydrogens is 160 g/mol. The molecule has 4 N–H and O–H groups in total. The summed E-state index contributed by atoms with van der Waals surface area (Å²) in [5.74, 6) is 0. The number of benzene rings is 1. The maximum atomic E-state index is 5.98. The van der Waals surface area contributed by atoms with Crippen LogP contribution in [-0.4, -0.2) is 6.04 Å². The van der Waals surface area contributed by atoms with Crippen molar-refractivity contribution in [1.82, 2.24) is 0 Å². The number of aryl methyl sites for hydroxylation is 1. The Morgan fingerprint density at radius 1 is 1.31 bits per heavy atom. The third kappa shape index (κ3) is 2.22. The smallest absolute Gasteiger partial charge is 0.0379 e. The molecule has 0 aliphatic heterocycles. The van der Waals surface area contributed by atoms with Gasteiger partial charge in [0, 0.05) is 11.7 Å². The molecule has 2 heteroatoms. The van der Waals surface area contributed by atoms with Crippen LogP contribution in [-0.2, 0) is 6.42 Å². The van der Waals surface area contributed by atoms with E-state index in [4.69, 9.17) is 11.5 Å². The highest BCUT2D eigenvalue weighted by Crippen LogP contribution is 2.21. The fraction of sp³-hybridized carbons (Fsp3) is 0.455. The fourth-order valence-corrected chi connectivity index (χ4v) is 1.42. The molecule has 0 fully saturated rings. The summed E-state index contributed by atoms with van der Waals surface area (Å²) >= 11 is 0. The Balaban J connectivity index is 3.04. The van der Waals surface area contributed by atoms with E-state index in [2.05, 4.69) is 26.0 Å². The van der Waals surface area contributed by atoms with Gasteiger partial charge < -0.3 is 11.5 Å². The zero-order valence-electron chi connectivity index (χ0n) is 8.59. The average Bonchev–Trinajstić information content (AvgIpc) is 2.06. The molecule has 1 atom stereocenters. The third-order valence-corrected chi connectivity index (χ3v) is 2.42. The minimum Gasteiger partial charge on any atom is -0.398 e. The second kappa shape index (κ2) is 3.79. The second-order valence-electron chi connectivity index (χ2n) is 3.76. The summed E-state index contributed by atoms with van der Waals surface area (Å²) < 4.78 is 0. The van der Waals surface area contributed by atoms with Crippen molar-refractivity contribution in [3.05, 3.63) is 28.8 Å². The summed E-state index contributed by atoms with van der Waals surface area (Å²) in [6.45, 7) is 6.12. The molecule has 2 nitrogen and oxygen atoms in total. The summed E-state index contributed by atoms with van der Waals surface area (Å²) in [7, 11) is 0. The maximum absolute atomic E-state index is 5.98. The highest BCUT2D eigenvalue weighted by molar-refractivity contribution is 5.56. The Kier molecular flexibility index (Phi) is 2.94. The first-order valence-electron chi connectivity index (χ1n) is 4.62. The molecule has 0 amide bonds. The molecule has 1 rings (SSSR count). The molecule has 0 bridgehead atoms. The molecule has 13 heavy (non-hydrogen) atoms. The van der Waals surface area contributed by atoms with Gasteiger partial charge in [-0.1, -0.05) is 12.1 Å². The van der Waals surface area contributed by atoms with Crippen molar-refractivity contribution >= 4 is 5.69 Å². The minimum atomic E-state index is 0.171. The molecule has 0 aliphatic carbocycles. The predicted molar refractivity (Wildman–Crippen MR) is 57.7 cm³/mol. The maximum Gasteiger partial charge on any atom is 0.0379 e. The van der Waals surface area contributed by atoms with E-state index in [1.54, 1.807) is 0 Å². The van der Waals surface area contributed by atoms with Gasteiger partial charge in [0.05, 0.1) is 0 Å². The van der Waals surface area contributed by atoms with Crippen LogP contribution in [0.1, 0.15) is 23.6 Å². The Morgan fingerprint density at radius 2 is 1.92 bits per heavy atom. The SMILES string of the molecule is Cc1ccc(C[C@H](C)N)c(N)c1C. The summed E-state index contributed by atoms with van der Waals surface area (Å²) in [5, 5.41) is 0. The highest BCUT2D eigenvalue weighted by atomic mass is 14.6. The van der Waals surface area contributed by atoms with Gasteiger partial charge in [-0.25, -0.2) is 0 Å². The van der Waals surface area contributed by atoms with E-state index in [-0.39, 0.29) is 6.04 Å². The molecule has 1 aromatic carbocycles. The molecule has 0 heterocycles. The van der Waals surface area contributed by atoms with Gasteiger partial charge in [-0.15, -0.1) is 0 Å². The zero-order valence-corrected chi connectivity index (χ0v) is 8.59. The number of nitrogens with two attached hydrogens (primary N) is 2. The van der Waals surface area contributed by atoms with Crippen molar-refractivity contribution in [2.45, 2.75) is 33.2 Å². The van der Waals surface area contributed by atoms with Gasteiger partial charge in [0.1, 0.15) is 0 Å². The van der Waals surface area contributed by atoms with E-state index >= 15 is 0 Å². The van der Waals surface area contributed by atoms with Crippen LogP contribution in [0.4, 0.5) is 5.69 Å². The van der Waals surface area contributed by atoms with Gasteiger partial charge in [-0.05, 0) is 43.9 Å². The first-order chi connectivity index (χ1) is 6.02. The van der Waals surface area contributed by atoms with Gasteiger partial charge in [-0.2, -0.15) is 0 Å². The van der Waals surface area contributed by atoms with Crippen molar-refractivity contribution in [2.24, 2.45) is 5.73 Å². The predicted octanol–water partition coefficient (Wildman–Crippen LogP) is 1.78. The van der Waals surface area contributed by atoms with Gasteiger partial charge in [0.25, 0.3) is 0 Å². The molecule has 0 radical (unpaired) electrons. The normalized spacial score (nSPS) is 12.9. The van der Waals surface area contributed by atoms with Crippen LogP contribution in [0, 0.1) is 13.8 Å². The van der Waals surface area contributed by atoms with Gasteiger partial charge in [0.15, 0.2) is 0 Å². The quantitative estimate of drug-likeness (QED) is 0.678. The molecule has 1 aromatic rings. The Labute approximate surface area is 79.9 Å². The number of hydrogen-bond acceptors (Lipinski definition) is 2. The first kappa shape index (κ1) is 10.1. The summed E-state index contributed by atoms with van der Waals surface area (Å²) in [4.78, 5) is 0. The lowest BCUT2D eigenvalue weighted by Crippen LogP contribution is -2.18. The van der Waals surface area contributed by atoms with Crippen LogP contribution in [0.3, 0.4) is 0 Å². The highest BCUT2D eigenvalue weighted by Gasteiger charge is 2.05. The van der Waals surface area contributed by atoms with Crippen LogP contribution in [0.2, 0.25) is 0 Å². The standard InChI is InChI=1S/C11H18N2/c1-7-4-5-10(6-8(2)12)11(13)9(7)3/h4-5,8H,6,12-13H2,1-3H3/t8-/m0/s1. The van der Waals surface area contributed by atoms with Crippen molar-refractivity contribution < 1.29 is 0 Å². The van der Waals surface area contributed by atoms with Gasteiger partial charge >= 0.3 is 0 Å². The number of anilines is 1. The Morgan fingerprint density at radius 3 is 2.46 bits per heavy atom. The van der Waals surface area contributed by atoms with Crippen LogP contribution in [0.15, 0.2) is 12.1 Å². The van der Waals surface area contributed by atoms with E-state index in [0.717, 1.165) is 17.7 Å². The van der Waals surface area contributed by atoms with E-state index in [1.807, 2.05) is 6.92 Å². The lowest BCUT2D eigenvalue weighted by Gasteiger charge is -2.12. The monoisotopic (exact) mass is 178 g/mol. The topological polar surface area (TPSA) is 52.0 Å². The lowest BCUT2D eigenvalue weighted by molar-refractivity contribution is 0.739. The molecule has 0 aromatic heterocycles. The molecule has 0 saturated carbocycles. The van der Waals surface area contributed by atoms with E-state index in [9.17, 15) is 0 Å². The molecule has 72 valence electrons. The average molecular weight is 178 g/mol. The molecular formula is C11H18N2. The molecule has 0 saturated heterocycles. The van der Waals surface area contributed by atoms with Gasteiger partial charge in [0.2, 0.25) is 0 Å². The van der Waals surface area contributed by atoms with Crippen molar-refractivity contribution in [2.75, 3.05) is 5.73 Å². The summed E-state index contributed by atoms with van der Waals surface area (Å²) in [6, 6.07) is 4.34. The van der Waals surface area contributed by atoms with Crippen molar-refractivity contribution in [3.8, 4) is 0 Å². The fourth-order valence-electron chi connectivity index (χ4n) is 1.42. The number of rotatable bonds is 2. The first-order valence-corrected chi connectivity index (χ1v) is 4.62. The molecule has 0 spiro atoms. The lowest BCUT2D eigenvalue weighted by atomic mass is 9.99. The van der Waals surface area contributed by atoms with E-state index in [0.29, 0.717) is 0 Å². The van der Waals surface area contributed by atoms with Gasteiger partial charge in [-0.3, -0.25) is 0 Å². The zero-order chi connectivity index (χ0) is 10.0. The van der Waals surface area contributed by atoms with Crippen molar-refractivity contribution in [1.29, 1.82) is 0 Å². The van der Waals surface area contributed by atoms with Crippen molar-refractivity contribution in [3.63, 3.8) is 0 Å². The minimum absolute atomic E-state index is 0.171. The van der Waals surface area contributed by atoms with Crippen LogP contribution < -0.4 is 11.5 Å². The Hall–Kier alpha value is -1.02.